The van der Waals surface area contributed by atoms with Gasteiger partial charge in [0.25, 0.3) is 0 Å². The predicted octanol–water partition coefficient (Wildman–Crippen LogP) is 4.12. The highest BCUT2D eigenvalue weighted by molar-refractivity contribution is 7.12. The van der Waals surface area contributed by atoms with E-state index in [-0.39, 0.29) is 11.9 Å². The van der Waals surface area contributed by atoms with Gasteiger partial charge in [-0.1, -0.05) is 17.7 Å². The van der Waals surface area contributed by atoms with Crippen molar-refractivity contribution < 1.29 is 4.39 Å². The Morgan fingerprint density at radius 2 is 1.83 bits per heavy atom. The number of thiophene rings is 1. The summed E-state index contributed by atoms with van der Waals surface area (Å²) in [4.78, 5) is 2.50. The van der Waals surface area contributed by atoms with Gasteiger partial charge in [-0.05, 0) is 45.5 Å². The van der Waals surface area contributed by atoms with Crippen LogP contribution in [-0.2, 0) is 0 Å². The van der Waals surface area contributed by atoms with Gasteiger partial charge in [-0.3, -0.25) is 0 Å². The zero-order valence-electron chi connectivity index (χ0n) is 11.2. The molecule has 0 bridgehead atoms. The standard InChI is InChI=1S/C15H18FNS/c1-9-5-6-14(16)13(7-9)15(17-4)12-8-10(2)18-11(12)3/h5-8,15,17H,1-4H3. The van der Waals surface area contributed by atoms with E-state index in [9.17, 15) is 4.39 Å². The smallest absolute Gasteiger partial charge is 0.128 e. The lowest BCUT2D eigenvalue weighted by Gasteiger charge is -2.18. The SMILES string of the molecule is CNC(c1cc(C)ccc1F)c1cc(C)sc1C. The number of halogens is 1. The molecule has 0 radical (unpaired) electrons. The lowest BCUT2D eigenvalue weighted by molar-refractivity contribution is 0.575. The molecule has 0 aliphatic carbocycles. The van der Waals surface area contributed by atoms with Gasteiger partial charge in [-0.2, -0.15) is 0 Å². The zero-order chi connectivity index (χ0) is 13.3. The molecule has 96 valence electrons. The third kappa shape index (κ3) is 2.47. The van der Waals surface area contributed by atoms with Crippen molar-refractivity contribution >= 4 is 11.3 Å². The van der Waals surface area contributed by atoms with E-state index in [0.29, 0.717) is 0 Å². The Morgan fingerprint density at radius 1 is 1.11 bits per heavy atom. The van der Waals surface area contributed by atoms with Crippen molar-refractivity contribution in [2.75, 3.05) is 7.05 Å². The first-order chi connectivity index (χ1) is 8.52. The molecule has 0 amide bonds. The largest absolute Gasteiger partial charge is 0.309 e. The summed E-state index contributed by atoms with van der Waals surface area (Å²) < 4.78 is 14.0. The fourth-order valence-electron chi connectivity index (χ4n) is 2.30. The molecule has 0 saturated heterocycles. The quantitative estimate of drug-likeness (QED) is 0.878. The van der Waals surface area contributed by atoms with E-state index in [2.05, 4.69) is 25.2 Å². The molecule has 1 heterocycles. The van der Waals surface area contributed by atoms with Crippen molar-refractivity contribution in [1.29, 1.82) is 0 Å². The Kier molecular flexibility index (Phi) is 3.83. The maximum Gasteiger partial charge on any atom is 0.128 e. The second kappa shape index (κ2) is 5.21. The molecule has 0 fully saturated rings. The van der Waals surface area contributed by atoms with Gasteiger partial charge in [0.1, 0.15) is 5.82 Å². The molecular weight excluding hydrogens is 245 g/mol. The number of rotatable bonds is 3. The predicted molar refractivity (Wildman–Crippen MR) is 75.8 cm³/mol. The van der Waals surface area contributed by atoms with Crippen LogP contribution in [-0.4, -0.2) is 7.05 Å². The monoisotopic (exact) mass is 263 g/mol. The summed E-state index contributed by atoms with van der Waals surface area (Å²) in [6, 6.07) is 7.34. The van der Waals surface area contributed by atoms with Crippen LogP contribution in [0.5, 0.6) is 0 Å². The molecule has 3 heteroatoms. The van der Waals surface area contributed by atoms with Crippen LogP contribution in [0.2, 0.25) is 0 Å². The molecule has 1 nitrogen and oxygen atoms in total. The van der Waals surface area contributed by atoms with Crippen LogP contribution in [0, 0.1) is 26.6 Å². The molecule has 1 aromatic heterocycles. The minimum Gasteiger partial charge on any atom is -0.309 e. The van der Waals surface area contributed by atoms with E-state index in [1.54, 1.807) is 23.5 Å². The number of hydrogen-bond acceptors (Lipinski definition) is 2. The van der Waals surface area contributed by atoms with E-state index >= 15 is 0 Å². The van der Waals surface area contributed by atoms with E-state index in [1.807, 2.05) is 20.0 Å². The Labute approximate surface area is 112 Å². The first-order valence-electron chi connectivity index (χ1n) is 6.03. The molecule has 0 saturated carbocycles. The zero-order valence-corrected chi connectivity index (χ0v) is 12.0. The number of hydrogen-bond donors (Lipinski definition) is 1. The highest BCUT2D eigenvalue weighted by atomic mass is 32.1. The number of aryl methyl sites for hydroxylation is 3. The van der Waals surface area contributed by atoms with Gasteiger partial charge in [0, 0.05) is 15.3 Å². The summed E-state index contributed by atoms with van der Waals surface area (Å²) >= 11 is 1.76. The van der Waals surface area contributed by atoms with Crippen molar-refractivity contribution in [3.63, 3.8) is 0 Å². The minimum atomic E-state index is -0.150. The van der Waals surface area contributed by atoms with Crippen LogP contribution in [0.3, 0.4) is 0 Å². The van der Waals surface area contributed by atoms with Crippen LogP contribution < -0.4 is 5.32 Å². The van der Waals surface area contributed by atoms with Crippen molar-refractivity contribution in [2.45, 2.75) is 26.8 Å². The molecule has 1 N–H and O–H groups in total. The van der Waals surface area contributed by atoms with Crippen molar-refractivity contribution in [2.24, 2.45) is 0 Å². The second-order valence-corrected chi connectivity index (χ2v) is 6.08. The maximum absolute atomic E-state index is 14.0. The molecule has 1 aromatic carbocycles. The molecule has 0 spiro atoms. The molecule has 0 aliphatic heterocycles. The van der Waals surface area contributed by atoms with Gasteiger partial charge < -0.3 is 5.32 Å². The van der Waals surface area contributed by atoms with Crippen LogP contribution in [0.15, 0.2) is 24.3 Å². The van der Waals surface area contributed by atoms with Gasteiger partial charge in [0.2, 0.25) is 0 Å². The topological polar surface area (TPSA) is 12.0 Å². The first-order valence-corrected chi connectivity index (χ1v) is 6.85. The van der Waals surface area contributed by atoms with Crippen molar-refractivity contribution in [3.05, 3.63) is 56.5 Å². The highest BCUT2D eigenvalue weighted by Gasteiger charge is 2.19. The number of benzene rings is 1. The number of nitrogens with one attached hydrogen (secondary N) is 1. The molecular formula is C15H18FNS. The lowest BCUT2D eigenvalue weighted by atomic mass is 9.97. The van der Waals surface area contributed by atoms with Crippen LogP contribution in [0.1, 0.15) is 32.5 Å². The van der Waals surface area contributed by atoms with E-state index in [0.717, 1.165) is 11.1 Å². The Hall–Kier alpha value is -1.19. The summed E-state index contributed by atoms with van der Waals surface area (Å²) in [5.74, 6) is -0.150. The van der Waals surface area contributed by atoms with Gasteiger partial charge in [0.15, 0.2) is 0 Å². The molecule has 1 unspecified atom stereocenters. The summed E-state index contributed by atoms with van der Waals surface area (Å²) in [5, 5.41) is 3.22. The lowest BCUT2D eigenvalue weighted by Crippen LogP contribution is -2.19. The maximum atomic E-state index is 14.0. The molecule has 1 atom stereocenters. The average molecular weight is 263 g/mol. The van der Waals surface area contributed by atoms with Gasteiger partial charge in [-0.25, -0.2) is 4.39 Å². The van der Waals surface area contributed by atoms with Crippen LogP contribution >= 0.6 is 11.3 Å². The van der Waals surface area contributed by atoms with Gasteiger partial charge in [-0.15, -0.1) is 11.3 Å². The third-order valence-corrected chi connectivity index (χ3v) is 4.12. The Bertz CT molecular complexity index is 560. The van der Waals surface area contributed by atoms with Gasteiger partial charge >= 0.3 is 0 Å². The summed E-state index contributed by atoms with van der Waals surface area (Å²) in [5.41, 5.74) is 2.97. The van der Waals surface area contributed by atoms with Crippen molar-refractivity contribution in [3.8, 4) is 0 Å². The molecule has 0 aliphatic rings. The molecule has 18 heavy (non-hydrogen) atoms. The fourth-order valence-corrected chi connectivity index (χ4v) is 3.26. The van der Waals surface area contributed by atoms with E-state index in [4.69, 9.17) is 0 Å². The van der Waals surface area contributed by atoms with Gasteiger partial charge in [0.05, 0.1) is 6.04 Å². The summed E-state index contributed by atoms with van der Waals surface area (Å²) in [7, 11) is 1.87. The van der Waals surface area contributed by atoms with Crippen LogP contribution in [0.4, 0.5) is 4.39 Å². The Balaban J connectivity index is 2.51. The minimum absolute atomic E-state index is 0.0742. The molecule has 2 rings (SSSR count). The summed E-state index contributed by atoms with van der Waals surface area (Å²) in [6.07, 6.45) is 0. The summed E-state index contributed by atoms with van der Waals surface area (Å²) in [6.45, 7) is 6.16. The normalized spacial score (nSPS) is 12.7. The van der Waals surface area contributed by atoms with Crippen LogP contribution in [0.25, 0.3) is 0 Å². The molecule has 2 aromatic rings. The average Bonchev–Trinajstić information content (AvgIpc) is 2.64. The Morgan fingerprint density at radius 3 is 2.39 bits per heavy atom. The first kappa shape index (κ1) is 13.2. The fraction of sp³-hybridized carbons (Fsp3) is 0.333. The third-order valence-electron chi connectivity index (χ3n) is 3.14. The van der Waals surface area contributed by atoms with Crippen molar-refractivity contribution in [1.82, 2.24) is 5.32 Å². The van der Waals surface area contributed by atoms with E-state index in [1.165, 1.54) is 15.3 Å². The van der Waals surface area contributed by atoms with E-state index < -0.39 is 0 Å². The highest BCUT2D eigenvalue weighted by Crippen LogP contribution is 2.31. The second-order valence-electron chi connectivity index (χ2n) is 4.62.